The van der Waals surface area contributed by atoms with Crippen LogP contribution in [0.15, 0.2) is 36.8 Å². The fourth-order valence-corrected chi connectivity index (χ4v) is 2.93. The van der Waals surface area contributed by atoms with Crippen LogP contribution >= 0.6 is 0 Å². The third-order valence-electron chi connectivity index (χ3n) is 3.98. The third kappa shape index (κ3) is 2.41. The van der Waals surface area contributed by atoms with E-state index in [1.165, 1.54) is 0 Å². The Kier molecular flexibility index (Phi) is 3.38. The van der Waals surface area contributed by atoms with Gasteiger partial charge in [0.05, 0.1) is 22.9 Å². The van der Waals surface area contributed by atoms with Crippen LogP contribution in [-0.2, 0) is 6.42 Å². The molecule has 0 saturated heterocycles. The molecular weight excluding hydrogens is 288 g/mol. The molecule has 3 heterocycles. The highest BCUT2D eigenvalue weighted by atomic mass is 15.1. The van der Waals surface area contributed by atoms with Crippen molar-refractivity contribution in [3.8, 4) is 0 Å². The van der Waals surface area contributed by atoms with Crippen molar-refractivity contribution in [3.05, 3.63) is 42.5 Å². The number of imidazole rings is 1. The second kappa shape index (κ2) is 5.55. The minimum atomic E-state index is 0.806. The topological polar surface area (TPSA) is 59.2 Å². The minimum absolute atomic E-state index is 0.806. The van der Waals surface area contributed by atoms with Crippen molar-refractivity contribution in [2.75, 3.05) is 20.6 Å². The Balaban J connectivity index is 1.97. The van der Waals surface area contributed by atoms with E-state index >= 15 is 0 Å². The van der Waals surface area contributed by atoms with Crippen LogP contribution in [0.1, 0.15) is 12.1 Å². The zero-order valence-electron chi connectivity index (χ0n) is 13.3. The maximum Gasteiger partial charge on any atom is 0.168 e. The van der Waals surface area contributed by atoms with Crippen molar-refractivity contribution in [1.82, 2.24) is 29.2 Å². The van der Waals surface area contributed by atoms with Crippen molar-refractivity contribution in [1.29, 1.82) is 0 Å². The number of aromatic nitrogens is 5. The average molecular weight is 306 g/mol. The van der Waals surface area contributed by atoms with Crippen LogP contribution in [0.5, 0.6) is 0 Å². The van der Waals surface area contributed by atoms with Crippen LogP contribution in [-0.4, -0.2) is 49.9 Å². The number of nitrogens with zero attached hydrogens (tertiary/aromatic N) is 6. The molecular formula is C17H18N6. The molecule has 0 aliphatic rings. The van der Waals surface area contributed by atoms with Gasteiger partial charge in [-0.2, -0.15) is 0 Å². The van der Waals surface area contributed by atoms with E-state index in [-0.39, 0.29) is 0 Å². The maximum absolute atomic E-state index is 4.79. The van der Waals surface area contributed by atoms with E-state index in [4.69, 9.17) is 9.97 Å². The summed E-state index contributed by atoms with van der Waals surface area (Å²) >= 11 is 0. The van der Waals surface area contributed by atoms with Crippen LogP contribution in [0.25, 0.3) is 27.8 Å². The Morgan fingerprint density at radius 1 is 1.04 bits per heavy atom. The number of hydrogen-bond donors (Lipinski definition) is 0. The highest BCUT2D eigenvalue weighted by Gasteiger charge is 2.14. The van der Waals surface area contributed by atoms with Gasteiger partial charge in [-0.15, -0.1) is 0 Å². The smallest absolute Gasteiger partial charge is 0.168 e. The molecule has 3 aromatic heterocycles. The lowest BCUT2D eigenvalue weighted by atomic mass is 10.2. The fraction of sp³-hybridized carbons (Fsp3) is 0.294. The Bertz CT molecular complexity index is 988. The van der Waals surface area contributed by atoms with Gasteiger partial charge in [0.2, 0.25) is 0 Å². The summed E-state index contributed by atoms with van der Waals surface area (Å²) in [6.45, 7) is 1.03. The first-order valence-electron chi connectivity index (χ1n) is 7.74. The number of hydrogen-bond acceptors (Lipinski definition) is 5. The van der Waals surface area contributed by atoms with E-state index in [9.17, 15) is 0 Å². The third-order valence-corrected chi connectivity index (χ3v) is 3.98. The van der Waals surface area contributed by atoms with Gasteiger partial charge in [-0.25, -0.2) is 19.9 Å². The van der Waals surface area contributed by atoms with Gasteiger partial charge in [-0.3, -0.25) is 4.40 Å². The molecule has 6 heteroatoms. The van der Waals surface area contributed by atoms with E-state index in [2.05, 4.69) is 39.4 Å². The molecule has 0 radical (unpaired) electrons. The number of fused-ring (bicyclic) bond motifs is 5. The first-order valence-corrected chi connectivity index (χ1v) is 7.74. The van der Waals surface area contributed by atoms with E-state index < -0.39 is 0 Å². The predicted molar refractivity (Wildman–Crippen MR) is 90.5 cm³/mol. The zero-order valence-corrected chi connectivity index (χ0v) is 13.3. The molecule has 23 heavy (non-hydrogen) atoms. The summed E-state index contributed by atoms with van der Waals surface area (Å²) in [7, 11) is 4.17. The summed E-state index contributed by atoms with van der Waals surface area (Å²) < 4.78 is 2.10. The maximum atomic E-state index is 4.79. The van der Waals surface area contributed by atoms with Crippen molar-refractivity contribution in [3.63, 3.8) is 0 Å². The monoisotopic (exact) mass is 306 g/mol. The summed E-state index contributed by atoms with van der Waals surface area (Å²) in [6.07, 6.45) is 5.25. The molecule has 0 aliphatic carbocycles. The molecule has 0 unspecified atom stereocenters. The summed E-state index contributed by atoms with van der Waals surface area (Å²) in [6, 6.07) is 8.13. The first kappa shape index (κ1) is 14.0. The molecule has 0 atom stereocenters. The molecule has 116 valence electrons. The summed E-state index contributed by atoms with van der Waals surface area (Å²) in [4.78, 5) is 20.3. The quantitative estimate of drug-likeness (QED) is 0.579. The molecule has 6 nitrogen and oxygen atoms in total. The SMILES string of the molecule is CN(C)CCCc1nc2cncnc2n2c1nc1ccccc12. The van der Waals surface area contributed by atoms with Crippen molar-refractivity contribution in [2.24, 2.45) is 0 Å². The van der Waals surface area contributed by atoms with Crippen molar-refractivity contribution >= 4 is 27.8 Å². The largest absolute Gasteiger partial charge is 0.309 e. The number of benzene rings is 1. The lowest BCUT2D eigenvalue weighted by Crippen LogP contribution is -2.14. The molecule has 0 aliphatic heterocycles. The van der Waals surface area contributed by atoms with Gasteiger partial charge >= 0.3 is 0 Å². The summed E-state index contributed by atoms with van der Waals surface area (Å²) in [5, 5.41) is 0. The molecule has 0 N–H and O–H groups in total. The van der Waals surface area contributed by atoms with Crippen LogP contribution in [0.3, 0.4) is 0 Å². The molecule has 0 fully saturated rings. The number of para-hydroxylation sites is 2. The van der Waals surface area contributed by atoms with Gasteiger partial charge in [0.15, 0.2) is 11.3 Å². The molecule has 0 spiro atoms. The summed E-state index contributed by atoms with van der Waals surface area (Å²) in [5.74, 6) is 0. The van der Waals surface area contributed by atoms with E-state index in [1.807, 2.05) is 18.2 Å². The minimum Gasteiger partial charge on any atom is -0.309 e. The lowest BCUT2D eigenvalue weighted by molar-refractivity contribution is 0.400. The standard InChI is InChI=1S/C17H18N6/c1-22(2)9-5-7-13-17-21-12-6-3-4-8-15(12)23(17)16-14(20-13)10-18-11-19-16/h3-4,6,8,10-11H,5,7,9H2,1-2H3. The van der Waals surface area contributed by atoms with Crippen LogP contribution in [0, 0.1) is 0 Å². The van der Waals surface area contributed by atoms with Gasteiger partial charge in [0, 0.05) is 0 Å². The van der Waals surface area contributed by atoms with Gasteiger partial charge < -0.3 is 4.90 Å². The molecule has 0 bridgehead atoms. The highest BCUT2D eigenvalue weighted by Crippen LogP contribution is 2.23. The Hall–Kier alpha value is -2.60. The van der Waals surface area contributed by atoms with Gasteiger partial charge in [0.25, 0.3) is 0 Å². The molecule has 1 aromatic carbocycles. The molecule has 0 amide bonds. The Labute approximate surface area is 133 Å². The number of aryl methyl sites for hydroxylation is 1. The Morgan fingerprint density at radius 3 is 2.78 bits per heavy atom. The van der Waals surface area contributed by atoms with E-state index in [0.717, 1.165) is 52.9 Å². The molecule has 4 rings (SSSR count). The van der Waals surface area contributed by atoms with Crippen LogP contribution < -0.4 is 0 Å². The highest BCUT2D eigenvalue weighted by molar-refractivity contribution is 5.87. The van der Waals surface area contributed by atoms with Gasteiger partial charge in [0.1, 0.15) is 11.8 Å². The van der Waals surface area contributed by atoms with Gasteiger partial charge in [-0.1, -0.05) is 12.1 Å². The second-order valence-electron chi connectivity index (χ2n) is 5.96. The van der Waals surface area contributed by atoms with Crippen molar-refractivity contribution in [2.45, 2.75) is 12.8 Å². The lowest BCUT2D eigenvalue weighted by Gasteiger charge is -2.10. The predicted octanol–water partition coefficient (Wildman–Crippen LogP) is 2.32. The van der Waals surface area contributed by atoms with Gasteiger partial charge in [-0.05, 0) is 45.6 Å². The first-order chi connectivity index (χ1) is 11.2. The fourth-order valence-electron chi connectivity index (χ4n) is 2.93. The normalized spacial score (nSPS) is 12.0. The van der Waals surface area contributed by atoms with E-state index in [0.29, 0.717) is 0 Å². The zero-order chi connectivity index (χ0) is 15.8. The number of rotatable bonds is 4. The van der Waals surface area contributed by atoms with Crippen LogP contribution in [0.4, 0.5) is 0 Å². The molecule has 4 aromatic rings. The molecule has 0 saturated carbocycles. The van der Waals surface area contributed by atoms with E-state index in [1.54, 1.807) is 12.5 Å². The average Bonchev–Trinajstić information content (AvgIpc) is 2.94. The van der Waals surface area contributed by atoms with Crippen LogP contribution in [0.2, 0.25) is 0 Å². The summed E-state index contributed by atoms with van der Waals surface area (Å²) in [5.41, 5.74) is 5.54. The van der Waals surface area contributed by atoms with Crippen molar-refractivity contribution < 1.29 is 0 Å². The Morgan fingerprint density at radius 2 is 1.91 bits per heavy atom. The second-order valence-corrected chi connectivity index (χ2v) is 5.96.